The zero-order valence-corrected chi connectivity index (χ0v) is 10.2. The van der Waals surface area contributed by atoms with E-state index in [1.807, 2.05) is 6.07 Å². The highest BCUT2D eigenvalue weighted by atomic mass is 32.1. The van der Waals surface area contributed by atoms with Crippen LogP contribution in [0, 0.1) is 11.3 Å². The minimum absolute atomic E-state index is 0.0406. The predicted octanol–water partition coefficient (Wildman–Crippen LogP) is 4.12. The summed E-state index contributed by atoms with van der Waals surface area (Å²) in [5, 5.41) is 8.72. The lowest BCUT2D eigenvalue weighted by Crippen LogP contribution is -2.05. The van der Waals surface area contributed by atoms with Crippen molar-refractivity contribution in [3.63, 3.8) is 0 Å². The second-order valence-electron chi connectivity index (χ2n) is 3.69. The summed E-state index contributed by atoms with van der Waals surface area (Å²) in [5.74, 6) is 0. The molecule has 1 heterocycles. The van der Waals surface area contributed by atoms with Crippen LogP contribution in [0.25, 0.3) is 10.4 Å². The molecule has 0 saturated heterocycles. The number of thiophene rings is 1. The molecule has 2 rings (SSSR count). The first kappa shape index (κ1) is 13.3. The molecule has 0 unspecified atom stereocenters. The second-order valence-corrected chi connectivity index (χ2v) is 4.78. The van der Waals surface area contributed by atoms with Crippen molar-refractivity contribution in [2.24, 2.45) is 0 Å². The lowest BCUT2D eigenvalue weighted by Gasteiger charge is -2.09. The van der Waals surface area contributed by atoms with Crippen molar-refractivity contribution in [3.05, 3.63) is 46.3 Å². The van der Waals surface area contributed by atoms with Crippen molar-refractivity contribution >= 4 is 17.6 Å². The van der Waals surface area contributed by atoms with Crippen LogP contribution >= 0.6 is 11.3 Å². The van der Waals surface area contributed by atoms with E-state index >= 15 is 0 Å². The molecule has 0 atom stereocenters. The fourth-order valence-electron chi connectivity index (χ4n) is 1.60. The van der Waals surface area contributed by atoms with E-state index in [2.05, 4.69) is 0 Å². The molecule has 0 amide bonds. The number of carbonyl (C=O) groups excluding carboxylic acids is 1. The number of nitrogens with zero attached hydrogens (tertiary/aromatic N) is 1. The van der Waals surface area contributed by atoms with Gasteiger partial charge >= 0.3 is 6.18 Å². The predicted molar refractivity (Wildman–Crippen MR) is 64.9 cm³/mol. The minimum atomic E-state index is -4.48. The number of alkyl halides is 3. The van der Waals surface area contributed by atoms with Gasteiger partial charge in [0.25, 0.3) is 0 Å². The van der Waals surface area contributed by atoms with Gasteiger partial charge in [0.2, 0.25) is 0 Å². The average molecular weight is 281 g/mol. The lowest BCUT2D eigenvalue weighted by molar-refractivity contribution is -0.137. The largest absolute Gasteiger partial charge is 0.416 e. The van der Waals surface area contributed by atoms with Crippen LogP contribution in [0.1, 0.15) is 20.8 Å². The molecule has 2 nitrogen and oxygen atoms in total. The van der Waals surface area contributed by atoms with Gasteiger partial charge in [-0.1, -0.05) is 6.07 Å². The zero-order valence-electron chi connectivity index (χ0n) is 9.36. The highest BCUT2D eigenvalue weighted by Gasteiger charge is 2.31. The number of nitriles is 1. The van der Waals surface area contributed by atoms with E-state index in [9.17, 15) is 18.0 Å². The molecule has 0 bridgehead atoms. The minimum Gasteiger partial charge on any atom is -0.298 e. The molecule has 0 aliphatic rings. The topological polar surface area (TPSA) is 40.9 Å². The third-order valence-corrected chi connectivity index (χ3v) is 3.51. The molecule has 1 aromatic heterocycles. The maximum Gasteiger partial charge on any atom is 0.416 e. The normalized spacial score (nSPS) is 11.1. The van der Waals surface area contributed by atoms with Gasteiger partial charge in [0, 0.05) is 16.0 Å². The van der Waals surface area contributed by atoms with Gasteiger partial charge in [0.15, 0.2) is 6.29 Å². The first-order valence-corrected chi connectivity index (χ1v) is 5.94. The van der Waals surface area contributed by atoms with Crippen LogP contribution in [-0.2, 0) is 6.18 Å². The summed E-state index contributed by atoms with van der Waals surface area (Å²) < 4.78 is 37.6. The summed E-state index contributed by atoms with van der Waals surface area (Å²) in [6.07, 6.45) is -4.10. The smallest absolute Gasteiger partial charge is 0.298 e. The number of rotatable bonds is 2. The van der Waals surface area contributed by atoms with Crippen LogP contribution < -0.4 is 0 Å². The molecule has 0 radical (unpaired) electrons. The summed E-state index contributed by atoms with van der Waals surface area (Å²) >= 11 is 1.13. The lowest BCUT2D eigenvalue weighted by atomic mass is 10.0. The van der Waals surface area contributed by atoms with E-state index in [1.165, 1.54) is 6.07 Å². The molecular formula is C13H6F3NOS. The molecule has 0 spiro atoms. The van der Waals surface area contributed by atoms with E-state index in [-0.39, 0.29) is 5.56 Å². The molecule has 0 fully saturated rings. The molecule has 2 aromatic rings. The molecule has 0 saturated carbocycles. The number of aldehydes is 1. The van der Waals surface area contributed by atoms with Gasteiger partial charge in [-0.05, 0) is 24.3 Å². The third-order valence-electron chi connectivity index (χ3n) is 2.49. The van der Waals surface area contributed by atoms with Crippen LogP contribution in [0.15, 0.2) is 30.3 Å². The highest BCUT2D eigenvalue weighted by molar-refractivity contribution is 7.16. The van der Waals surface area contributed by atoms with Crippen molar-refractivity contribution in [3.8, 4) is 16.5 Å². The molecule has 0 N–H and O–H groups in total. The number of benzene rings is 1. The zero-order chi connectivity index (χ0) is 14.0. The Bertz CT molecular complexity index is 667. The van der Waals surface area contributed by atoms with Crippen molar-refractivity contribution in [2.75, 3.05) is 0 Å². The third kappa shape index (κ3) is 2.66. The molecule has 19 heavy (non-hydrogen) atoms. The van der Waals surface area contributed by atoms with Gasteiger partial charge in [0.05, 0.1) is 5.56 Å². The molecular weight excluding hydrogens is 275 g/mol. The van der Waals surface area contributed by atoms with E-state index in [0.717, 1.165) is 23.5 Å². The van der Waals surface area contributed by atoms with Gasteiger partial charge in [-0.25, -0.2) is 0 Å². The Balaban J connectivity index is 2.53. The van der Waals surface area contributed by atoms with Crippen LogP contribution in [-0.4, -0.2) is 6.29 Å². The molecule has 1 aromatic carbocycles. The summed E-state index contributed by atoms with van der Waals surface area (Å²) in [4.78, 5) is 12.0. The van der Waals surface area contributed by atoms with Gasteiger partial charge in [-0.15, -0.1) is 11.3 Å². The van der Waals surface area contributed by atoms with Crippen LogP contribution in [0.2, 0.25) is 0 Å². The first-order chi connectivity index (χ1) is 8.95. The number of halogens is 3. The molecule has 96 valence electrons. The van der Waals surface area contributed by atoms with Crippen LogP contribution in [0.5, 0.6) is 0 Å². The quantitative estimate of drug-likeness (QED) is 0.777. The SMILES string of the molecule is N#Cc1ccc(-c2ccc(C(F)(F)F)cc2C=O)s1. The Morgan fingerprint density at radius 1 is 1.21 bits per heavy atom. The van der Waals surface area contributed by atoms with E-state index < -0.39 is 11.7 Å². The Morgan fingerprint density at radius 3 is 2.47 bits per heavy atom. The van der Waals surface area contributed by atoms with E-state index in [4.69, 9.17) is 5.26 Å². The fraction of sp³-hybridized carbons (Fsp3) is 0.0769. The average Bonchev–Trinajstić information content (AvgIpc) is 2.85. The van der Waals surface area contributed by atoms with Crippen molar-refractivity contribution in [1.82, 2.24) is 0 Å². The maximum atomic E-state index is 12.5. The fourth-order valence-corrected chi connectivity index (χ4v) is 2.45. The Kier molecular flexibility index (Phi) is 3.40. The van der Waals surface area contributed by atoms with Gasteiger partial charge in [0.1, 0.15) is 10.9 Å². The summed E-state index contributed by atoms with van der Waals surface area (Å²) in [6.45, 7) is 0. The number of hydrogen-bond donors (Lipinski definition) is 0. The monoisotopic (exact) mass is 281 g/mol. The van der Waals surface area contributed by atoms with Gasteiger partial charge < -0.3 is 0 Å². The van der Waals surface area contributed by atoms with Crippen LogP contribution in [0.3, 0.4) is 0 Å². The standard InChI is InChI=1S/C13H6F3NOS/c14-13(15,16)9-1-3-11(8(5-9)7-18)12-4-2-10(6-17)19-12/h1-5,7H. The van der Waals surface area contributed by atoms with E-state index in [0.29, 0.717) is 21.6 Å². The molecule has 6 heteroatoms. The first-order valence-electron chi connectivity index (χ1n) is 5.12. The van der Waals surface area contributed by atoms with Gasteiger partial charge in [-0.2, -0.15) is 18.4 Å². The molecule has 0 aliphatic heterocycles. The Hall–Kier alpha value is -2.13. The van der Waals surface area contributed by atoms with Crippen molar-refractivity contribution < 1.29 is 18.0 Å². The van der Waals surface area contributed by atoms with Gasteiger partial charge in [-0.3, -0.25) is 4.79 Å². The maximum absolute atomic E-state index is 12.5. The Labute approximate surface area is 110 Å². The second kappa shape index (κ2) is 4.86. The highest BCUT2D eigenvalue weighted by Crippen LogP contribution is 2.35. The van der Waals surface area contributed by atoms with Crippen molar-refractivity contribution in [1.29, 1.82) is 5.26 Å². The van der Waals surface area contributed by atoms with Crippen molar-refractivity contribution in [2.45, 2.75) is 6.18 Å². The molecule has 0 aliphatic carbocycles. The summed E-state index contributed by atoms with van der Waals surface area (Å²) in [7, 11) is 0. The summed E-state index contributed by atoms with van der Waals surface area (Å²) in [6, 6.07) is 8.10. The summed E-state index contributed by atoms with van der Waals surface area (Å²) in [5.41, 5.74) is -0.508. The van der Waals surface area contributed by atoms with Crippen LogP contribution in [0.4, 0.5) is 13.2 Å². The van der Waals surface area contributed by atoms with E-state index in [1.54, 1.807) is 12.1 Å². The number of carbonyl (C=O) groups is 1. The number of hydrogen-bond acceptors (Lipinski definition) is 3. The Morgan fingerprint density at radius 2 is 1.95 bits per heavy atom.